The number of hydrogen-bond donors (Lipinski definition) is 0. The van der Waals surface area contributed by atoms with Crippen molar-refractivity contribution in [1.29, 1.82) is 0 Å². The molecule has 0 saturated heterocycles. The van der Waals surface area contributed by atoms with Gasteiger partial charge in [0.2, 0.25) is 5.78 Å². The van der Waals surface area contributed by atoms with E-state index >= 15 is 4.39 Å². The van der Waals surface area contributed by atoms with Crippen LogP contribution in [0.15, 0.2) is 71.2 Å². The van der Waals surface area contributed by atoms with Crippen LogP contribution in [0.1, 0.15) is 28.8 Å². The van der Waals surface area contributed by atoms with Crippen LogP contribution in [0.25, 0.3) is 0 Å². The van der Waals surface area contributed by atoms with Gasteiger partial charge < -0.3 is 9.47 Å². The molecule has 0 N–H and O–H groups in total. The fraction of sp³-hybridized carbons (Fsp3) is 0.227. The van der Waals surface area contributed by atoms with E-state index in [4.69, 9.17) is 4.74 Å². The highest BCUT2D eigenvalue weighted by molar-refractivity contribution is 9.10. The molecule has 0 spiro atoms. The Kier molecular flexibility index (Phi) is 7.45. The first-order valence-corrected chi connectivity index (χ1v) is 9.55. The Labute approximate surface area is 176 Å². The predicted octanol–water partition coefficient (Wildman–Crippen LogP) is 4.42. The molecule has 0 heterocycles. The summed E-state index contributed by atoms with van der Waals surface area (Å²) < 4.78 is 26.8. The molecule has 0 saturated carbocycles. The number of rotatable bonds is 8. The third-order valence-electron chi connectivity index (χ3n) is 4.34. The van der Waals surface area contributed by atoms with Crippen molar-refractivity contribution in [3.63, 3.8) is 0 Å². The Hall–Kier alpha value is -2.80. The highest BCUT2D eigenvalue weighted by Gasteiger charge is 2.57. The van der Waals surface area contributed by atoms with Crippen molar-refractivity contribution in [2.45, 2.75) is 18.5 Å². The molecular formula is C22H20BrFO5. The lowest BCUT2D eigenvalue weighted by atomic mass is 9.74. The molecule has 0 aliphatic carbocycles. The number of methoxy groups -OCH3 is 1. The largest absolute Gasteiger partial charge is 0.466 e. The monoisotopic (exact) mass is 462 g/mol. The normalized spacial score (nSPS) is 13.7. The van der Waals surface area contributed by atoms with E-state index in [9.17, 15) is 14.4 Å². The number of halogens is 2. The Bertz CT molecular complexity index is 911. The summed E-state index contributed by atoms with van der Waals surface area (Å²) in [5.74, 6) is -5.11. The fourth-order valence-corrected chi connectivity index (χ4v) is 3.22. The van der Waals surface area contributed by atoms with Crippen LogP contribution in [-0.4, -0.2) is 37.1 Å². The summed E-state index contributed by atoms with van der Waals surface area (Å²) in [6.07, 6.45) is 0. The van der Waals surface area contributed by atoms with Crippen molar-refractivity contribution in [1.82, 2.24) is 0 Å². The lowest BCUT2D eigenvalue weighted by Crippen LogP contribution is -2.50. The molecule has 152 valence electrons. The number of carbonyl (C=O) groups is 3. The van der Waals surface area contributed by atoms with Gasteiger partial charge >= 0.3 is 11.9 Å². The molecular weight excluding hydrogens is 443 g/mol. The summed E-state index contributed by atoms with van der Waals surface area (Å²) in [6.45, 7) is 4.97. The van der Waals surface area contributed by atoms with Gasteiger partial charge in [0.1, 0.15) is 0 Å². The van der Waals surface area contributed by atoms with E-state index in [1.165, 1.54) is 31.2 Å². The van der Waals surface area contributed by atoms with Crippen LogP contribution in [0.2, 0.25) is 0 Å². The average Bonchev–Trinajstić information content (AvgIpc) is 2.74. The van der Waals surface area contributed by atoms with Crippen LogP contribution in [-0.2, 0) is 19.1 Å². The fourth-order valence-electron chi connectivity index (χ4n) is 2.95. The summed E-state index contributed by atoms with van der Waals surface area (Å²) in [7, 11) is 1.11. The minimum Gasteiger partial charge on any atom is -0.466 e. The molecule has 2 aromatic rings. The summed E-state index contributed by atoms with van der Waals surface area (Å²) in [5.41, 5.74) is -3.45. The van der Waals surface area contributed by atoms with Crippen LogP contribution in [0, 0.1) is 0 Å². The predicted molar refractivity (Wildman–Crippen MR) is 109 cm³/mol. The van der Waals surface area contributed by atoms with Gasteiger partial charge in [0, 0.05) is 15.6 Å². The summed E-state index contributed by atoms with van der Waals surface area (Å²) >= 11 is 3.28. The second-order valence-corrected chi connectivity index (χ2v) is 7.04. The minimum absolute atomic E-state index is 0.0390. The third kappa shape index (κ3) is 4.62. The summed E-state index contributed by atoms with van der Waals surface area (Å²) in [4.78, 5) is 38.2. The first kappa shape index (κ1) is 22.5. The zero-order valence-electron chi connectivity index (χ0n) is 16.0. The van der Waals surface area contributed by atoms with Gasteiger partial charge in [0.15, 0.2) is 0 Å². The number of ether oxygens (including phenoxy) is 2. The van der Waals surface area contributed by atoms with E-state index in [1.807, 2.05) is 0 Å². The molecule has 0 amide bonds. The quantitative estimate of drug-likeness (QED) is 0.251. The van der Waals surface area contributed by atoms with Crippen molar-refractivity contribution < 1.29 is 28.2 Å². The molecule has 29 heavy (non-hydrogen) atoms. The van der Waals surface area contributed by atoms with Crippen LogP contribution >= 0.6 is 15.9 Å². The Morgan fingerprint density at radius 1 is 1.10 bits per heavy atom. The van der Waals surface area contributed by atoms with Gasteiger partial charge in [-0.2, -0.15) is 0 Å². The van der Waals surface area contributed by atoms with E-state index < -0.39 is 29.3 Å². The maximum absolute atomic E-state index is 16.5. The zero-order valence-corrected chi connectivity index (χ0v) is 17.6. The number of hydrogen-bond acceptors (Lipinski definition) is 5. The van der Waals surface area contributed by atoms with Crippen LogP contribution < -0.4 is 0 Å². The SMILES string of the molecule is C=C(C(=O)OC)C(c1ccc(Br)cc1)C(F)(C(=O)OCC)C(=O)c1ccccc1. The molecule has 0 radical (unpaired) electrons. The lowest BCUT2D eigenvalue weighted by molar-refractivity contribution is -0.155. The molecule has 0 bridgehead atoms. The standard InChI is InChI=1S/C22H20BrFO5/c1-4-29-21(27)22(24,19(25)16-8-6-5-7-9-16)18(14(2)20(26)28-3)15-10-12-17(23)13-11-15/h5-13,18H,2,4H2,1,3H3. The van der Waals surface area contributed by atoms with Gasteiger partial charge in [-0.1, -0.05) is 65.0 Å². The first-order chi connectivity index (χ1) is 13.8. The van der Waals surface area contributed by atoms with Crippen molar-refractivity contribution in [2.24, 2.45) is 0 Å². The van der Waals surface area contributed by atoms with Crippen molar-refractivity contribution in [2.75, 3.05) is 13.7 Å². The van der Waals surface area contributed by atoms with Crippen LogP contribution in [0.3, 0.4) is 0 Å². The lowest BCUT2D eigenvalue weighted by Gasteiger charge is -2.31. The summed E-state index contributed by atoms with van der Waals surface area (Å²) in [5, 5.41) is 0. The molecule has 2 unspecified atom stereocenters. The van der Waals surface area contributed by atoms with Crippen LogP contribution in [0.5, 0.6) is 0 Å². The maximum Gasteiger partial charge on any atom is 0.353 e. The molecule has 0 aromatic heterocycles. The average molecular weight is 463 g/mol. The number of alkyl halides is 1. The van der Waals surface area contributed by atoms with Gasteiger partial charge in [0.05, 0.1) is 19.6 Å². The summed E-state index contributed by atoms with van der Waals surface area (Å²) in [6, 6.07) is 13.7. The molecule has 5 nitrogen and oxygen atoms in total. The minimum atomic E-state index is -3.23. The van der Waals surface area contributed by atoms with E-state index in [2.05, 4.69) is 27.2 Å². The Morgan fingerprint density at radius 2 is 1.69 bits per heavy atom. The highest BCUT2D eigenvalue weighted by Crippen LogP contribution is 2.41. The second kappa shape index (κ2) is 9.60. The van der Waals surface area contributed by atoms with Gasteiger partial charge in [-0.25, -0.2) is 14.0 Å². The number of Topliss-reactive ketones (excluding diaryl/α,β-unsaturated/α-hetero) is 1. The number of benzene rings is 2. The number of ketones is 1. The highest BCUT2D eigenvalue weighted by atomic mass is 79.9. The molecule has 2 aromatic carbocycles. The smallest absolute Gasteiger partial charge is 0.353 e. The second-order valence-electron chi connectivity index (χ2n) is 6.13. The molecule has 0 aliphatic heterocycles. The van der Waals surface area contributed by atoms with Gasteiger partial charge in [-0.05, 0) is 24.6 Å². The molecule has 0 aliphatic rings. The van der Waals surface area contributed by atoms with E-state index in [0.29, 0.717) is 4.47 Å². The third-order valence-corrected chi connectivity index (χ3v) is 4.86. The molecule has 0 fully saturated rings. The Balaban J connectivity index is 2.73. The Morgan fingerprint density at radius 3 is 2.21 bits per heavy atom. The van der Waals surface area contributed by atoms with Gasteiger partial charge in [-0.15, -0.1) is 0 Å². The molecule has 7 heteroatoms. The topological polar surface area (TPSA) is 69.7 Å². The zero-order chi connectivity index (χ0) is 21.6. The van der Waals surface area contributed by atoms with Crippen molar-refractivity contribution in [3.05, 3.63) is 82.3 Å². The van der Waals surface area contributed by atoms with Gasteiger partial charge in [-0.3, -0.25) is 4.79 Å². The number of esters is 2. The molecule has 2 atom stereocenters. The van der Waals surface area contributed by atoms with Crippen molar-refractivity contribution in [3.8, 4) is 0 Å². The van der Waals surface area contributed by atoms with E-state index in [1.54, 1.807) is 30.3 Å². The van der Waals surface area contributed by atoms with Crippen LogP contribution in [0.4, 0.5) is 4.39 Å². The van der Waals surface area contributed by atoms with Crippen molar-refractivity contribution >= 4 is 33.7 Å². The van der Waals surface area contributed by atoms with E-state index in [-0.39, 0.29) is 23.3 Å². The van der Waals surface area contributed by atoms with Gasteiger partial charge in [0.25, 0.3) is 5.67 Å². The number of carbonyl (C=O) groups excluding carboxylic acids is 3. The molecule has 2 rings (SSSR count). The van der Waals surface area contributed by atoms with E-state index in [0.717, 1.165) is 7.11 Å². The maximum atomic E-state index is 16.5. The first-order valence-electron chi connectivity index (χ1n) is 8.75.